The van der Waals surface area contributed by atoms with E-state index in [1.165, 1.54) is 28.5 Å². The molecule has 2 heterocycles. The van der Waals surface area contributed by atoms with Gasteiger partial charge in [-0.25, -0.2) is 0 Å². The van der Waals surface area contributed by atoms with Gasteiger partial charge in [-0.1, -0.05) is 12.1 Å². The highest BCUT2D eigenvalue weighted by molar-refractivity contribution is 5.86. The lowest BCUT2D eigenvalue weighted by Gasteiger charge is -2.10. The van der Waals surface area contributed by atoms with Gasteiger partial charge in [0.05, 0.1) is 0 Å². The molecule has 1 amide bonds. The molecule has 1 aliphatic heterocycles. The van der Waals surface area contributed by atoms with E-state index in [0.717, 1.165) is 19.4 Å². The Balaban J connectivity index is 0.00000176. The average molecular weight is 322 g/mol. The van der Waals surface area contributed by atoms with Crippen LogP contribution in [0.3, 0.4) is 0 Å². The smallest absolute Gasteiger partial charge is 0.221 e. The topological polar surface area (TPSA) is 56.9 Å². The van der Waals surface area contributed by atoms with E-state index in [-0.39, 0.29) is 18.3 Å². The number of amides is 1. The second kappa shape index (κ2) is 7.65. The van der Waals surface area contributed by atoms with E-state index in [1.54, 1.807) is 0 Å². The minimum Gasteiger partial charge on any atom is -0.361 e. The molecule has 0 radical (unpaired) electrons. The molecule has 1 atom stereocenters. The van der Waals surface area contributed by atoms with Gasteiger partial charge in [0.15, 0.2) is 0 Å². The van der Waals surface area contributed by atoms with E-state index in [4.69, 9.17) is 0 Å². The molecule has 1 unspecified atom stereocenters. The Bertz CT molecular complexity index is 632. The van der Waals surface area contributed by atoms with E-state index in [9.17, 15) is 4.79 Å². The lowest BCUT2D eigenvalue weighted by atomic mass is 10.1. The largest absolute Gasteiger partial charge is 0.361 e. The summed E-state index contributed by atoms with van der Waals surface area (Å²) in [5.41, 5.74) is 3.74. The molecule has 5 heteroatoms. The zero-order chi connectivity index (χ0) is 14.7. The number of carbonyl (C=O) groups is 1. The van der Waals surface area contributed by atoms with Gasteiger partial charge >= 0.3 is 0 Å². The highest BCUT2D eigenvalue weighted by atomic mass is 35.5. The SMILES string of the molecule is Cc1cccc2[nH]cc(CCNC(=O)CC3CCCN3)c12.Cl. The zero-order valence-corrected chi connectivity index (χ0v) is 13.8. The van der Waals surface area contributed by atoms with Crippen LogP contribution in [0, 0.1) is 6.92 Å². The van der Waals surface area contributed by atoms with Crippen molar-refractivity contribution in [3.05, 3.63) is 35.5 Å². The molecule has 4 nitrogen and oxygen atoms in total. The number of aromatic amines is 1. The van der Waals surface area contributed by atoms with Crippen LogP contribution in [-0.2, 0) is 11.2 Å². The normalized spacial score (nSPS) is 17.4. The Morgan fingerprint density at radius 1 is 1.41 bits per heavy atom. The Kier molecular flexibility index (Phi) is 5.86. The zero-order valence-electron chi connectivity index (χ0n) is 12.9. The van der Waals surface area contributed by atoms with Crippen LogP contribution in [0.2, 0.25) is 0 Å². The highest BCUT2D eigenvalue weighted by Gasteiger charge is 2.17. The fourth-order valence-electron chi connectivity index (χ4n) is 3.21. The lowest BCUT2D eigenvalue weighted by Crippen LogP contribution is -2.32. The number of hydrogen-bond acceptors (Lipinski definition) is 2. The Labute approximate surface area is 137 Å². The van der Waals surface area contributed by atoms with Gasteiger partial charge in [-0.05, 0) is 49.9 Å². The van der Waals surface area contributed by atoms with Crippen molar-refractivity contribution in [2.45, 2.75) is 38.6 Å². The van der Waals surface area contributed by atoms with Crippen molar-refractivity contribution in [2.24, 2.45) is 0 Å². The van der Waals surface area contributed by atoms with Crippen LogP contribution in [0.15, 0.2) is 24.4 Å². The van der Waals surface area contributed by atoms with Gasteiger partial charge in [0, 0.05) is 36.1 Å². The third kappa shape index (κ3) is 3.81. The maximum absolute atomic E-state index is 11.9. The lowest BCUT2D eigenvalue weighted by molar-refractivity contribution is -0.121. The maximum Gasteiger partial charge on any atom is 0.221 e. The van der Waals surface area contributed by atoms with Crippen molar-refractivity contribution in [2.75, 3.05) is 13.1 Å². The molecule has 1 saturated heterocycles. The number of aromatic nitrogens is 1. The number of aryl methyl sites for hydroxylation is 1. The van der Waals surface area contributed by atoms with E-state index in [2.05, 4.69) is 46.9 Å². The maximum atomic E-state index is 11.9. The fraction of sp³-hybridized carbons (Fsp3) is 0.471. The number of nitrogens with one attached hydrogen (secondary N) is 3. The summed E-state index contributed by atoms with van der Waals surface area (Å²) < 4.78 is 0. The molecule has 1 fully saturated rings. The molecule has 3 N–H and O–H groups in total. The van der Waals surface area contributed by atoms with Crippen molar-refractivity contribution < 1.29 is 4.79 Å². The standard InChI is InChI=1S/C17H23N3O.ClH/c1-12-4-2-6-15-17(12)13(11-20-15)7-9-19-16(21)10-14-5-3-8-18-14;/h2,4,6,11,14,18,20H,3,5,7-10H2,1H3,(H,19,21);1H. The van der Waals surface area contributed by atoms with E-state index >= 15 is 0 Å². The molecule has 1 aromatic heterocycles. The van der Waals surface area contributed by atoms with E-state index in [1.807, 2.05) is 0 Å². The predicted octanol–water partition coefficient (Wildman–Crippen LogP) is 2.70. The van der Waals surface area contributed by atoms with Crippen molar-refractivity contribution in [3.8, 4) is 0 Å². The number of benzene rings is 1. The van der Waals surface area contributed by atoms with Crippen LogP contribution in [0.4, 0.5) is 0 Å². The molecule has 22 heavy (non-hydrogen) atoms. The summed E-state index contributed by atoms with van der Waals surface area (Å²) in [6.45, 7) is 3.88. The molecule has 0 bridgehead atoms. The van der Waals surface area contributed by atoms with Crippen LogP contribution in [0.1, 0.15) is 30.4 Å². The molecule has 2 aromatic rings. The number of hydrogen-bond donors (Lipinski definition) is 3. The summed E-state index contributed by atoms with van der Waals surface area (Å²) in [5.74, 6) is 0.158. The van der Waals surface area contributed by atoms with Crippen LogP contribution in [-0.4, -0.2) is 30.0 Å². The van der Waals surface area contributed by atoms with Crippen molar-refractivity contribution in [1.29, 1.82) is 0 Å². The molecule has 120 valence electrons. The predicted molar refractivity (Wildman–Crippen MR) is 92.6 cm³/mol. The van der Waals surface area contributed by atoms with Crippen molar-refractivity contribution >= 4 is 29.2 Å². The van der Waals surface area contributed by atoms with Crippen molar-refractivity contribution in [1.82, 2.24) is 15.6 Å². The summed E-state index contributed by atoms with van der Waals surface area (Å²) in [5, 5.41) is 7.69. The number of fused-ring (bicyclic) bond motifs is 1. The Morgan fingerprint density at radius 2 is 2.27 bits per heavy atom. The molecule has 1 aromatic carbocycles. The highest BCUT2D eigenvalue weighted by Crippen LogP contribution is 2.22. The Hall–Kier alpha value is -1.52. The first-order valence-electron chi connectivity index (χ1n) is 7.79. The molecule has 3 rings (SSSR count). The molecule has 1 aliphatic rings. The second-order valence-electron chi connectivity index (χ2n) is 5.91. The third-order valence-corrected chi connectivity index (χ3v) is 4.31. The molecular weight excluding hydrogens is 298 g/mol. The quantitative estimate of drug-likeness (QED) is 0.793. The first kappa shape index (κ1) is 16.8. The minimum atomic E-state index is 0. The minimum absolute atomic E-state index is 0. The van der Waals surface area contributed by atoms with Gasteiger partial charge in [-0.3, -0.25) is 4.79 Å². The summed E-state index contributed by atoms with van der Waals surface area (Å²) in [6.07, 6.45) is 5.84. The van der Waals surface area contributed by atoms with Gasteiger partial charge in [0.2, 0.25) is 5.91 Å². The molecule has 0 aliphatic carbocycles. The number of rotatable bonds is 5. The van der Waals surface area contributed by atoms with Gasteiger partial charge in [-0.2, -0.15) is 0 Å². The Morgan fingerprint density at radius 3 is 3.05 bits per heavy atom. The van der Waals surface area contributed by atoms with Crippen LogP contribution >= 0.6 is 12.4 Å². The van der Waals surface area contributed by atoms with Gasteiger partial charge < -0.3 is 15.6 Å². The van der Waals surface area contributed by atoms with Crippen LogP contribution in [0.5, 0.6) is 0 Å². The van der Waals surface area contributed by atoms with E-state index in [0.29, 0.717) is 19.0 Å². The van der Waals surface area contributed by atoms with Gasteiger partial charge in [-0.15, -0.1) is 12.4 Å². The summed E-state index contributed by atoms with van der Waals surface area (Å²) in [4.78, 5) is 15.2. The monoisotopic (exact) mass is 321 g/mol. The summed E-state index contributed by atoms with van der Waals surface area (Å²) >= 11 is 0. The molecule has 0 saturated carbocycles. The summed E-state index contributed by atoms with van der Waals surface area (Å²) in [7, 11) is 0. The third-order valence-electron chi connectivity index (χ3n) is 4.31. The van der Waals surface area contributed by atoms with Crippen LogP contribution in [0.25, 0.3) is 10.9 Å². The van der Waals surface area contributed by atoms with Gasteiger partial charge in [0.25, 0.3) is 0 Å². The van der Waals surface area contributed by atoms with Crippen LogP contribution < -0.4 is 10.6 Å². The average Bonchev–Trinajstić information content (AvgIpc) is 3.09. The number of H-pyrrole nitrogens is 1. The molecule has 0 spiro atoms. The second-order valence-corrected chi connectivity index (χ2v) is 5.91. The van der Waals surface area contributed by atoms with Gasteiger partial charge in [0.1, 0.15) is 0 Å². The number of carbonyl (C=O) groups excluding carboxylic acids is 1. The van der Waals surface area contributed by atoms with Crippen molar-refractivity contribution in [3.63, 3.8) is 0 Å². The first-order chi connectivity index (χ1) is 10.2. The first-order valence-corrected chi connectivity index (χ1v) is 7.79. The molecular formula is C17H24ClN3O. The summed E-state index contributed by atoms with van der Waals surface area (Å²) in [6, 6.07) is 6.66. The fourth-order valence-corrected chi connectivity index (χ4v) is 3.21. The van der Waals surface area contributed by atoms with E-state index < -0.39 is 0 Å². The number of halogens is 1.